The number of carbonyl (C=O) groups is 13. The van der Waals surface area contributed by atoms with E-state index in [2.05, 4.69) is 47.5 Å². The van der Waals surface area contributed by atoms with Crippen molar-refractivity contribution in [1.29, 1.82) is 0 Å². The predicted octanol–water partition coefficient (Wildman–Crippen LogP) is -1.09. The van der Waals surface area contributed by atoms with E-state index in [0.717, 1.165) is 38.4 Å². The minimum absolute atomic E-state index is 0.0437. The van der Waals surface area contributed by atoms with Gasteiger partial charge in [-0.1, -0.05) is 96.1 Å². The summed E-state index contributed by atoms with van der Waals surface area (Å²) in [6.07, 6.45) is -1.82. The van der Waals surface area contributed by atoms with E-state index in [1.807, 2.05) is 0 Å². The fourth-order valence-electron chi connectivity index (χ4n) is 11.1. The number of H-pyrrole nitrogens is 1. The number of carbonyl (C=O) groups excluding carboxylic acids is 10. The van der Waals surface area contributed by atoms with Crippen LogP contribution in [0.5, 0.6) is 5.75 Å². The number of aromatic nitrogens is 1. The number of carboxylic acid groups (broad SMARTS) is 3. The summed E-state index contributed by atoms with van der Waals surface area (Å²) in [5.41, 5.74) is 13.9. The molecule has 0 aliphatic carbocycles. The number of hydrogen-bond acceptors (Lipinski definition) is 19. The van der Waals surface area contributed by atoms with Crippen LogP contribution in [-0.4, -0.2) is 222 Å². The highest BCUT2D eigenvalue weighted by molar-refractivity contribution is 8.76. The predicted molar refractivity (Wildman–Crippen MR) is 360 cm³/mol. The molecule has 3 heterocycles. The van der Waals surface area contributed by atoms with E-state index in [1.54, 1.807) is 60.8 Å². The Hall–Kier alpha value is -9.31. The number of likely N-dealkylation sites (N-methyl/N-ethyl adjacent to an activating group) is 1. The molecule has 2 saturated heterocycles. The van der Waals surface area contributed by atoms with Crippen LogP contribution in [0.4, 0.5) is 0 Å². The summed E-state index contributed by atoms with van der Waals surface area (Å²) in [5.74, 6) is -15.8. The van der Waals surface area contributed by atoms with Crippen molar-refractivity contribution < 1.29 is 87.9 Å². The first-order valence-electron chi connectivity index (χ1n) is 32.0. The van der Waals surface area contributed by atoms with Gasteiger partial charge in [-0.15, -0.1) is 0 Å². The summed E-state index contributed by atoms with van der Waals surface area (Å²) in [5, 5.41) is 71.9. The summed E-state index contributed by atoms with van der Waals surface area (Å²) in [4.78, 5) is 188. The highest BCUT2D eigenvalue weighted by Crippen LogP contribution is 2.27. The van der Waals surface area contributed by atoms with Gasteiger partial charge in [0.15, 0.2) is 0 Å². The fourth-order valence-corrected chi connectivity index (χ4v) is 13.5. The van der Waals surface area contributed by atoms with E-state index in [0.29, 0.717) is 34.0 Å². The molecule has 10 amide bonds. The second-order valence-electron chi connectivity index (χ2n) is 24.4. The first-order valence-corrected chi connectivity index (χ1v) is 34.5. The molecular weight excluding hydrogens is 1310 g/mol. The molecule has 532 valence electrons. The Kier molecular flexibility index (Phi) is 29.7. The van der Waals surface area contributed by atoms with Crippen molar-refractivity contribution in [2.24, 2.45) is 17.4 Å². The maximum Gasteiger partial charge on any atom is 0.326 e. The van der Waals surface area contributed by atoms with E-state index >= 15 is 19.2 Å². The number of aliphatic carboxylic acids is 3. The van der Waals surface area contributed by atoms with Gasteiger partial charge in [-0.3, -0.25) is 57.5 Å². The summed E-state index contributed by atoms with van der Waals surface area (Å²) in [6, 6.07) is 3.76. The number of hydrogen-bond donors (Lipinski definition) is 16. The number of benzene rings is 3. The van der Waals surface area contributed by atoms with Crippen molar-refractivity contribution in [2.75, 3.05) is 31.6 Å². The average molecular weight is 1400 g/mol. The van der Waals surface area contributed by atoms with Gasteiger partial charge in [-0.2, -0.15) is 0 Å². The van der Waals surface area contributed by atoms with Gasteiger partial charge in [-0.25, -0.2) is 4.79 Å². The average Bonchev–Trinajstić information content (AvgIpc) is 1.54. The number of nitrogens with zero attached hydrogens (tertiary/aromatic N) is 2. The minimum Gasteiger partial charge on any atom is -0.508 e. The molecule has 6 rings (SSSR count). The van der Waals surface area contributed by atoms with Crippen molar-refractivity contribution in [3.05, 3.63) is 102 Å². The standard InChI is InChI=1S/C65H87N13O18S2/c1-34(2)53(65(95)96)75-60(90)48-32-97-98-33-50(77(4)63(93)47(30-52(83)84)73-61(91)49-18-12-26-78(49)64(94)54(35(3)79)76-55(85)41(67)23-24-51(81)82)62(92)72-45(27-36-13-6-5-7-14-36)57(87)71-46(29-38-31-68-42-16-9-8-15-40(38)42)59(89)69-43(17-10-11-25-66)56(86)70-44(58(88)74-48)28-37-19-21-39(80)22-20-37/h5-9,13-16,19-22,31,34-35,41,43-50,53-54,68,79-80H,10-12,17-18,23-30,32-33,66-67H2,1-4H3,(H,69,89)(H,70,86)(H,71,87)(H,72,92)(H,73,91)(H,74,88)(H,75,90)(H,76,85)(H,81,82)(H,83,84)(H,95,96)/t35-,41+,43+,44+,45+,46+,47+,48+,49+,50+,53+,54+/m1/s1. The van der Waals surface area contributed by atoms with Gasteiger partial charge in [0.2, 0.25) is 59.1 Å². The van der Waals surface area contributed by atoms with Crippen LogP contribution in [0.25, 0.3) is 10.9 Å². The largest absolute Gasteiger partial charge is 0.508 e. The third-order valence-electron chi connectivity index (χ3n) is 16.6. The number of aliphatic hydroxyl groups excluding tert-OH is 1. The fraction of sp³-hybridized carbons (Fsp3) is 0.492. The first-order chi connectivity index (χ1) is 46.6. The zero-order valence-electron chi connectivity index (χ0n) is 54.6. The third-order valence-corrected chi connectivity index (χ3v) is 19.1. The molecular formula is C65H87N13O18S2. The SMILES string of the molecule is CC(C)[C@H](NC(=O)[C@@H]1CSSC[C@H](N(C)C(=O)[C@H](CC(=O)O)NC(=O)[C@@H]2CCCN2C(=O)[C@@H](NC(=O)[C@@H](N)CCC(=O)O)[C@@H](C)O)C(=O)N[C@@H](Cc2ccccc2)C(=O)N[C@@H](Cc2c[nH]c3ccccc23)C(=O)N[C@@H](CCCCN)C(=O)N[C@@H](Cc2ccc(O)cc2)C(=O)N1)C(=O)O. The molecule has 4 aromatic rings. The van der Waals surface area contributed by atoms with Crippen LogP contribution in [0.3, 0.4) is 0 Å². The van der Waals surface area contributed by atoms with Gasteiger partial charge in [0.25, 0.3) is 0 Å². The first kappa shape index (κ1) is 77.7. The van der Waals surface area contributed by atoms with Crippen LogP contribution in [0.1, 0.15) is 88.8 Å². The van der Waals surface area contributed by atoms with Gasteiger partial charge in [-0.05, 0) is 92.8 Å². The van der Waals surface area contributed by atoms with Crippen LogP contribution >= 0.6 is 21.6 Å². The highest BCUT2D eigenvalue weighted by Gasteiger charge is 2.43. The molecule has 1 aromatic heterocycles. The van der Waals surface area contributed by atoms with Gasteiger partial charge < -0.3 is 94.3 Å². The Morgan fingerprint density at radius 2 is 1.26 bits per heavy atom. The number of aliphatic hydroxyl groups is 1. The monoisotopic (exact) mass is 1400 g/mol. The summed E-state index contributed by atoms with van der Waals surface area (Å²) in [7, 11) is 2.81. The number of aromatic hydroxyl groups is 1. The van der Waals surface area contributed by atoms with Crippen molar-refractivity contribution in [3.8, 4) is 5.75 Å². The molecule has 0 saturated carbocycles. The van der Waals surface area contributed by atoms with Gasteiger partial charge in [0.05, 0.1) is 18.6 Å². The van der Waals surface area contributed by atoms with Crippen LogP contribution in [0, 0.1) is 5.92 Å². The summed E-state index contributed by atoms with van der Waals surface area (Å²) in [6.45, 7) is 4.33. The van der Waals surface area contributed by atoms with Crippen LogP contribution < -0.4 is 54.0 Å². The number of carboxylic acids is 3. The lowest BCUT2D eigenvalue weighted by Crippen LogP contribution is -2.62. The third kappa shape index (κ3) is 22.6. The van der Waals surface area contributed by atoms with E-state index in [9.17, 15) is 63.6 Å². The van der Waals surface area contributed by atoms with E-state index in [4.69, 9.17) is 16.6 Å². The number of unbranched alkanes of at least 4 members (excludes halogenated alkanes) is 1. The highest BCUT2D eigenvalue weighted by atomic mass is 33.1. The van der Waals surface area contributed by atoms with E-state index in [-0.39, 0.29) is 70.2 Å². The Morgan fingerprint density at radius 3 is 1.87 bits per heavy atom. The molecule has 12 atom stereocenters. The number of nitrogens with two attached hydrogens (primary N) is 2. The van der Waals surface area contributed by atoms with Crippen LogP contribution in [0.15, 0.2) is 85.1 Å². The zero-order chi connectivity index (χ0) is 71.9. The van der Waals surface area contributed by atoms with Crippen LogP contribution in [-0.2, 0) is 81.6 Å². The molecule has 0 bridgehead atoms. The number of para-hydroxylation sites is 1. The number of phenols is 1. The number of rotatable bonds is 27. The Bertz CT molecular complexity index is 3490. The van der Waals surface area contributed by atoms with Gasteiger partial charge >= 0.3 is 17.9 Å². The van der Waals surface area contributed by atoms with Gasteiger partial charge in [0.1, 0.15) is 66.2 Å². The van der Waals surface area contributed by atoms with Crippen LogP contribution in [0.2, 0.25) is 0 Å². The molecule has 31 nitrogen and oxygen atoms in total. The second kappa shape index (κ2) is 37.4. The normalized spacial score (nSPS) is 21.5. The van der Waals surface area contributed by atoms with Gasteiger partial charge in [0, 0.05) is 67.9 Å². The number of amides is 10. The number of phenolic OH excluding ortho intramolecular Hbond substituents is 1. The lowest BCUT2D eigenvalue weighted by molar-refractivity contribution is -0.148. The number of likely N-dealkylation sites (tertiary alicyclic amines) is 1. The Balaban J connectivity index is 1.43. The van der Waals surface area contributed by atoms with E-state index in [1.165, 1.54) is 45.0 Å². The summed E-state index contributed by atoms with van der Waals surface area (Å²) >= 11 is 0. The lowest BCUT2D eigenvalue weighted by Gasteiger charge is -2.33. The van der Waals surface area contributed by atoms with Crippen molar-refractivity contribution in [2.45, 2.75) is 164 Å². The lowest BCUT2D eigenvalue weighted by atomic mass is 10.0. The Morgan fingerprint density at radius 1 is 0.673 bits per heavy atom. The molecule has 2 fully saturated rings. The van der Waals surface area contributed by atoms with Crippen molar-refractivity contribution >= 4 is 109 Å². The molecule has 0 radical (unpaired) electrons. The summed E-state index contributed by atoms with van der Waals surface area (Å²) < 4.78 is 0. The second-order valence-corrected chi connectivity index (χ2v) is 27.0. The maximum absolute atomic E-state index is 15.3. The Labute approximate surface area is 572 Å². The molecule has 2 aliphatic rings. The smallest absolute Gasteiger partial charge is 0.326 e. The molecule has 18 N–H and O–H groups in total. The minimum atomic E-state index is -1.98. The molecule has 0 spiro atoms. The molecule has 33 heteroatoms. The topological polar surface area (TPSA) is 494 Å². The van der Waals surface area contributed by atoms with Crippen molar-refractivity contribution in [1.82, 2.24) is 57.3 Å². The quantitative estimate of drug-likeness (QED) is 0.0249. The zero-order valence-corrected chi connectivity index (χ0v) is 56.2. The molecule has 0 unspecified atom stereocenters. The number of fused-ring (bicyclic) bond motifs is 1. The maximum atomic E-state index is 15.3. The van der Waals surface area contributed by atoms with E-state index < -0.39 is 180 Å². The molecule has 2 aliphatic heterocycles. The molecule has 3 aromatic carbocycles. The number of aromatic amines is 1. The number of nitrogens with one attached hydrogen (secondary N) is 9. The molecule has 98 heavy (non-hydrogen) atoms. The van der Waals surface area contributed by atoms with Crippen molar-refractivity contribution in [3.63, 3.8) is 0 Å².